The molecule has 5 nitrogen and oxygen atoms in total. The van der Waals surface area contributed by atoms with Gasteiger partial charge >= 0.3 is 13.3 Å². The number of halogens is 3. The van der Waals surface area contributed by atoms with E-state index >= 15 is 0 Å². The first-order valence-corrected chi connectivity index (χ1v) is 9.01. The van der Waals surface area contributed by atoms with E-state index in [1.165, 1.54) is 11.3 Å². The summed E-state index contributed by atoms with van der Waals surface area (Å²) in [6.45, 7) is 3.14. The first-order valence-electron chi connectivity index (χ1n) is 8.13. The second-order valence-electron chi connectivity index (χ2n) is 6.12. The van der Waals surface area contributed by atoms with Gasteiger partial charge in [-0.15, -0.1) is 11.3 Å². The highest BCUT2D eigenvalue weighted by Crippen LogP contribution is 2.30. The van der Waals surface area contributed by atoms with Gasteiger partial charge in [-0.2, -0.15) is 13.2 Å². The smallest absolute Gasteiger partial charge is 0.423 e. The Labute approximate surface area is 154 Å². The zero-order valence-corrected chi connectivity index (χ0v) is 15.1. The molecule has 2 aromatic rings. The second kappa shape index (κ2) is 8.85. The molecule has 2 heterocycles. The number of rotatable bonds is 3. The molecule has 1 fully saturated rings. The monoisotopic (exact) mass is 387 g/mol. The van der Waals surface area contributed by atoms with Crippen LogP contribution in [-0.4, -0.2) is 39.6 Å². The van der Waals surface area contributed by atoms with Crippen molar-refractivity contribution in [1.29, 1.82) is 0 Å². The highest BCUT2D eigenvalue weighted by atomic mass is 32.1. The minimum absolute atomic E-state index is 0.136. The summed E-state index contributed by atoms with van der Waals surface area (Å²) in [5.41, 5.74) is 4.88. The van der Waals surface area contributed by atoms with E-state index in [0.29, 0.717) is 23.3 Å². The SMILES string of the molecule is CC1CCCN1Cc1cc(C(F)(F)F)ccc1B(O)O.Nc1nccs1. The predicted molar refractivity (Wildman–Crippen MR) is 96.9 cm³/mol. The molecular weight excluding hydrogens is 366 g/mol. The Morgan fingerprint density at radius 2 is 2.12 bits per heavy atom. The predicted octanol–water partition coefficient (Wildman–Crippen LogP) is 2.09. The number of hydrogen-bond acceptors (Lipinski definition) is 6. The molecule has 1 aromatic carbocycles. The summed E-state index contributed by atoms with van der Waals surface area (Å²) in [4.78, 5) is 5.77. The summed E-state index contributed by atoms with van der Waals surface area (Å²) in [7, 11) is -1.76. The quantitative estimate of drug-likeness (QED) is 0.703. The lowest BCUT2D eigenvalue weighted by Crippen LogP contribution is -2.37. The maximum Gasteiger partial charge on any atom is 0.488 e. The van der Waals surface area contributed by atoms with Crippen LogP contribution in [0.15, 0.2) is 29.8 Å². The lowest BCUT2D eigenvalue weighted by molar-refractivity contribution is -0.137. The number of benzene rings is 1. The molecule has 10 heteroatoms. The fourth-order valence-corrected chi connectivity index (χ4v) is 3.23. The van der Waals surface area contributed by atoms with Gasteiger partial charge in [0.2, 0.25) is 0 Å². The molecule has 1 unspecified atom stereocenters. The van der Waals surface area contributed by atoms with E-state index < -0.39 is 18.9 Å². The van der Waals surface area contributed by atoms with Gasteiger partial charge in [0.1, 0.15) is 0 Å². The number of nitrogens with two attached hydrogens (primary N) is 1. The van der Waals surface area contributed by atoms with Crippen LogP contribution in [0.3, 0.4) is 0 Å². The summed E-state index contributed by atoms with van der Waals surface area (Å²) in [5, 5.41) is 21.1. The number of nitrogens with zero attached hydrogens (tertiary/aromatic N) is 2. The van der Waals surface area contributed by atoms with E-state index in [2.05, 4.69) is 9.88 Å². The number of nitrogen functional groups attached to an aromatic ring is 1. The van der Waals surface area contributed by atoms with Gasteiger partial charge in [0.05, 0.1) is 5.56 Å². The molecule has 1 atom stereocenters. The van der Waals surface area contributed by atoms with E-state index in [1.807, 2.05) is 12.3 Å². The Balaban J connectivity index is 0.000000342. The van der Waals surface area contributed by atoms with Crippen molar-refractivity contribution < 1.29 is 23.2 Å². The normalized spacial score (nSPS) is 17.7. The van der Waals surface area contributed by atoms with Crippen LogP contribution in [0.4, 0.5) is 18.3 Å². The van der Waals surface area contributed by atoms with Gasteiger partial charge < -0.3 is 15.8 Å². The standard InChI is InChI=1S/C13H17BF3NO2.C3H4N2S/c1-9-3-2-6-18(9)8-10-7-11(13(15,16)17)4-5-12(10)14(19)20;4-3-5-1-2-6-3/h4-5,7,9,19-20H,2-3,6,8H2,1H3;1-2H,(H2,4,5). The van der Waals surface area contributed by atoms with Crippen molar-refractivity contribution in [3.8, 4) is 0 Å². The molecule has 4 N–H and O–H groups in total. The van der Waals surface area contributed by atoms with Crippen molar-refractivity contribution in [3.63, 3.8) is 0 Å². The van der Waals surface area contributed by atoms with Gasteiger partial charge in [-0.05, 0) is 43.4 Å². The van der Waals surface area contributed by atoms with Gasteiger partial charge in [0.25, 0.3) is 0 Å². The van der Waals surface area contributed by atoms with E-state index in [-0.39, 0.29) is 5.46 Å². The Kier molecular flexibility index (Phi) is 7.04. The fourth-order valence-electron chi connectivity index (χ4n) is 2.85. The number of likely N-dealkylation sites (tertiary alicyclic amines) is 1. The summed E-state index contributed by atoms with van der Waals surface area (Å²) in [6.07, 6.45) is -0.725. The maximum absolute atomic E-state index is 12.8. The average molecular weight is 387 g/mol. The minimum atomic E-state index is -4.43. The van der Waals surface area contributed by atoms with Crippen LogP contribution in [0.1, 0.15) is 30.9 Å². The van der Waals surface area contributed by atoms with Crippen LogP contribution in [0.2, 0.25) is 0 Å². The fraction of sp³-hybridized carbons (Fsp3) is 0.438. The number of thiazole rings is 1. The Morgan fingerprint density at radius 3 is 2.54 bits per heavy atom. The number of aromatic nitrogens is 1. The lowest BCUT2D eigenvalue weighted by Gasteiger charge is -2.23. The number of hydrogen-bond donors (Lipinski definition) is 3. The van der Waals surface area contributed by atoms with Crippen LogP contribution < -0.4 is 11.2 Å². The molecule has 0 amide bonds. The van der Waals surface area contributed by atoms with E-state index in [0.717, 1.165) is 37.6 Å². The van der Waals surface area contributed by atoms with Crippen LogP contribution in [-0.2, 0) is 12.7 Å². The molecule has 1 aliphatic heterocycles. The summed E-state index contributed by atoms with van der Waals surface area (Å²) < 4.78 is 38.3. The van der Waals surface area contributed by atoms with Gasteiger partial charge in [-0.3, -0.25) is 4.90 Å². The molecule has 1 saturated heterocycles. The van der Waals surface area contributed by atoms with Crippen molar-refractivity contribution in [1.82, 2.24) is 9.88 Å². The first kappa shape index (κ1) is 20.7. The number of anilines is 1. The zero-order valence-electron chi connectivity index (χ0n) is 14.3. The van der Waals surface area contributed by atoms with E-state index in [9.17, 15) is 23.2 Å². The van der Waals surface area contributed by atoms with Crippen LogP contribution in [0.5, 0.6) is 0 Å². The third-order valence-electron chi connectivity index (χ3n) is 4.26. The van der Waals surface area contributed by atoms with Gasteiger partial charge in [0, 0.05) is 24.2 Å². The molecule has 1 aromatic heterocycles. The van der Waals surface area contributed by atoms with Gasteiger partial charge in [-0.25, -0.2) is 4.98 Å². The molecular formula is C16H21BF3N3O2S. The summed E-state index contributed by atoms with van der Waals surface area (Å²) in [5.74, 6) is 0. The van der Waals surface area contributed by atoms with Crippen LogP contribution >= 0.6 is 11.3 Å². The maximum atomic E-state index is 12.8. The van der Waals surface area contributed by atoms with E-state index in [4.69, 9.17) is 5.73 Å². The molecule has 0 radical (unpaired) electrons. The Hall–Kier alpha value is -1.62. The number of alkyl halides is 3. The molecule has 1 aliphatic rings. The largest absolute Gasteiger partial charge is 0.488 e. The van der Waals surface area contributed by atoms with Crippen LogP contribution in [0, 0.1) is 0 Å². The average Bonchev–Trinajstić information content (AvgIpc) is 3.19. The Bertz CT molecular complexity index is 699. The minimum Gasteiger partial charge on any atom is -0.423 e. The molecule has 0 spiro atoms. The molecule has 3 rings (SSSR count). The third-order valence-corrected chi connectivity index (χ3v) is 4.87. The Morgan fingerprint density at radius 1 is 1.38 bits per heavy atom. The molecule has 26 heavy (non-hydrogen) atoms. The lowest BCUT2D eigenvalue weighted by atomic mass is 9.76. The summed E-state index contributed by atoms with van der Waals surface area (Å²) >= 11 is 1.44. The first-order chi connectivity index (χ1) is 12.2. The van der Waals surface area contributed by atoms with Crippen molar-refractivity contribution in [3.05, 3.63) is 40.9 Å². The highest BCUT2D eigenvalue weighted by molar-refractivity contribution is 7.13. The highest BCUT2D eigenvalue weighted by Gasteiger charge is 2.32. The summed E-state index contributed by atoms with van der Waals surface area (Å²) in [6, 6.07) is 3.34. The molecule has 0 aliphatic carbocycles. The van der Waals surface area contributed by atoms with Crippen molar-refractivity contribution in [2.45, 2.75) is 38.5 Å². The third kappa shape index (κ3) is 5.70. The van der Waals surface area contributed by atoms with Gasteiger partial charge in [-0.1, -0.05) is 12.1 Å². The molecule has 0 saturated carbocycles. The topological polar surface area (TPSA) is 82.6 Å². The van der Waals surface area contributed by atoms with Crippen molar-refractivity contribution >= 4 is 29.0 Å². The van der Waals surface area contributed by atoms with E-state index in [1.54, 1.807) is 6.20 Å². The molecule has 0 bridgehead atoms. The van der Waals surface area contributed by atoms with Gasteiger partial charge in [0.15, 0.2) is 5.13 Å². The van der Waals surface area contributed by atoms with Crippen LogP contribution in [0.25, 0.3) is 0 Å². The van der Waals surface area contributed by atoms with Crippen molar-refractivity contribution in [2.24, 2.45) is 0 Å². The zero-order chi connectivity index (χ0) is 19.3. The van der Waals surface area contributed by atoms with Crippen molar-refractivity contribution in [2.75, 3.05) is 12.3 Å². The molecule has 142 valence electrons. The second-order valence-corrected chi connectivity index (χ2v) is 7.04.